The van der Waals surface area contributed by atoms with Crippen LogP contribution in [0.1, 0.15) is 5.56 Å². The van der Waals surface area contributed by atoms with E-state index in [4.69, 9.17) is 22.1 Å². The van der Waals surface area contributed by atoms with Gasteiger partial charge in [-0.3, -0.25) is 0 Å². The van der Waals surface area contributed by atoms with Crippen molar-refractivity contribution in [3.63, 3.8) is 0 Å². The van der Waals surface area contributed by atoms with Gasteiger partial charge in [-0.2, -0.15) is 8.78 Å². The van der Waals surface area contributed by atoms with Crippen LogP contribution in [0.2, 0.25) is 5.02 Å². The molecule has 2 N–H and O–H groups in total. The van der Waals surface area contributed by atoms with Crippen LogP contribution in [0.5, 0.6) is 5.75 Å². The molecule has 0 atom stereocenters. The van der Waals surface area contributed by atoms with E-state index in [0.717, 1.165) is 0 Å². The van der Waals surface area contributed by atoms with E-state index in [2.05, 4.69) is 0 Å². The first-order chi connectivity index (χ1) is 6.51. The first-order valence-electron chi connectivity index (χ1n) is 3.93. The maximum Gasteiger partial charge on any atom is 0.285 e. The molecule has 0 amide bonds. The fraction of sp³-hybridized carbons (Fsp3) is 0.333. The summed E-state index contributed by atoms with van der Waals surface area (Å²) in [5, 5.41) is 0.295. The van der Waals surface area contributed by atoms with Crippen molar-refractivity contribution < 1.29 is 13.5 Å². The molecule has 0 aliphatic carbocycles. The molecule has 14 heavy (non-hydrogen) atoms. The van der Waals surface area contributed by atoms with Crippen LogP contribution < -0.4 is 10.5 Å². The number of nitrogens with two attached hydrogens (primary N) is 1. The van der Waals surface area contributed by atoms with Crippen LogP contribution in [0.15, 0.2) is 18.2 Å². The highest BCUT2D eigenvalue weighted by Gasteiger charge is 2.30. The number of benzene rings is 1. The van der Waals surface area contributed by atoms with Gasteiger partial charge in [0.25, 0.3) is 5.92 Å². The van der Waals surface area contributed by atoms with E-state index in [1.807, 2.05) is 0 Å². The average Bonchev–Trinajstić information content (AvgIpc) is 2.18. The van der Waals surface area contributed by atoms with Crippen molar-refractivity contribution in [3.8, 4) is 5.75 Å². The SMILES string of the molecule is COc1cc(C(F)(F)CN)ccc1Cl. The van der Waals surface area contributed by atoms with Crippen LogP contribution in [0.3, 0.4) is 0 Å². The molecule has 0 saturated carbocycles. The van der Waals surface area contributed by atoms with Crippen LogP contribution in [0.4, 0.5) is 8.78 Å². The Balaban J connectivity index is 3.12. The monoisotopic (exact) mass is 221 g/mol. The molecule has 0 aliphatic rings. The van der Waals surface area contributed by atoms with Gasteiger partial charge in [-0.1, -0.05) is 17.7 Å². The zero-order valence-corrected chi connectivity index (χ0v) is 8.31. The molecule has 0 bridgehead atoms. The van der Waals surface area contributed by atoms with E-state index >= 15 is 0 Å². The summed E-state index contributed by atoms with van der Waals surface area (Å²) in [6.07, 6.45) is 0. The minimum absolute atomic E-state index is 0.193. The summed E-state index contributed by atoms with van der Waals surface area (Å²) in [6, 6.07) is 3.78. The summed E-state index contributed by atoms with van der Waals surface area (Å²) in [6.45, 7) is -0.738. The molecule has 0 radical (unpaired) electrons. The van der Waals surface area contributed by atoms with E-state index < -0.39 is 12.5 Å². The van der Waals surface area contributed by atoms with Crippen molar-refractivity contribution in [2.45, 2.75) is 5.92 Å². The Morgan fingerprint density at radius 1 is 1.50 bits per heavy atom. The third-order valence-corrected chi connectivity index (χ3v) is 2.14. The second-order valence-corrected chi connectivity index (χ2v) is 3.17. The molecular weight excluding hydrogens is 212 g/mol. The molecule has 0 aliphatic heterocycles. The highest BCUT2D eigenvalue weighted by atomic mass is 35.5. The Hall–Kier alpha value is -0.870. The smallest absolute Gasteiger partial charge is 0.285 e. The zero-order chi connectivity index (χ0) is 10.8. The van der Waals surface area contributed by atoms with Gasteiger partial charge >= 0.3 is 0 Å². The third kappa shape index (κ3) is 2.13. The molecule has 1 aromatic carbocycles. The lowest BCUT2D eigenvalue weighted by molar-refractivity contribution is 0.00576. The molecule has 2 nitrogen and oxygen atoms in total. The summed E-state index contributed by atoms with van der Waals surface area (Å²) < 4.78 is 31.0. The number of alkyl halides is 2. The predicted octanol–water partition coefficient (Wildman–Crippen LogP) is 2.40. The molecule has 5 heteroatoms. The van der Waals surface area contributed by atoms with E-state index in [0.29, 0.717) is 5.02 Å². The Morgan fingerprint density at radius 3 is 2.64 bits per heavy atom. The molecule has 0 spiro atoms. The summed E-state index contributed by atoms with van der Waals surface area (Å²) >= 11 is 5.69. The van der Waals surface area contributed by atoms with Crippen molar-refractivity contribution in [3.05, 3.63) is 28.8 Å². The van der Waals surface area contributed by atoms with Gasteiger partial charge in [-0.25, -0.2) is 0 Å². The van der Waals surface area contributed by atoms with Gasteiger partial charge in [0.05, 0.1) is 18.7 Å². The molecule has 0 heterocycles. The van der Waals surface area contributed by atoms with Crippen molar-refractivity contribution in [1.82, 2.24) is 0 Å². The lowest BCUT2D eigenvalue weighted by Gasteiger charge is -2.15. The van der Waals surface area contributed by atoms with Crippen LogP contribution >= 0.6 is 11.6 Å². The topological polar surface area (TPSA) is 35.2 Å². The number of ether oxygens (including phenoxy) is 1. The fourth-order valence-corrected chi connectivity index (χ4v) is 1.20. The van der Waals surface area contributed by atoms with Crippen molar-refractivity contribution >= 4 is 11.6 Å². The predicted molar refractivity (Wildman–Crippen MR) is 51.0 cm³/mol. The lowest BCUT2D eigenvalue weighted by Crippen LogP contribution is -2.24. The lowest BCUT2D eigenvalue weighted by atomic mass is 10.1. The average molecular weight is 222 g/mol. The van der Waals surface area contributed by atoms with Crippen LogP contribution in [-0.4, -0.2) is 13.7 Å². The highest BCUT2D eigenvalue weighted by Crippen LogP contribution is 2.32. The zero-order valence-electron chi connectivity index (χ0n) is 7.56. The van der Waals surface area contributed by atoms with Gasteiger partial charge in [-0.15, -0.1) is 0 Å². The maximum absolute atomic E-state index is 13.1. The van der Waals surface area contributed by atoms with Gasteiger partial charge in [0, 0.05) is 5.56 Å². The van der Waals surface area contributed by atoms with Gasteiger partial charge in [0.15, 0.2) is 0 Å². The molecule has 1 rings (SSSR count). The Morgan fingerprint density at radius 2 is 2.14 bits per heavy atom. The minimum atomic E-state index is -3.04. The molecule has 1 aromatic rings. The normalized spacial score (nSPS) is 11.5. The summed E-state index contributed by atoms with van der Waals surface area (Å²) in [4.78, 5) is 0. The number of hydrogen-bond donors (Lipinski definition) is 1. The molecule has 0 aromatic heterocycles. The molecule has 0 saturated heterocycles. The Bertz CT molecular complexity index is 331. The Kier molecular flexibility index (Phi) is 3.29. The highest BCUT2D eigenvalue weighted by molar-refractivity contribution is 6.32. The molecule has 0 fully saturated rings. The van der Waals surface area contributed by atoms with Crippen molar-refractivity contribution in [2.24, 2.45) is 5.73 Å². The summed E-state index contributed by atoms with van der Waals surface area (Å²) in [5.41, 5.74) is 4.75. The standard InChI is InChI=1S/C9H10ClF2NO/c1-14-8-4-6(2-3-7(8)10)9(11,12)5-13/h2-4H,5,13H2,1H3. The van der Waals surface area contributed by atoms with Crippen molar-refractivity contribution in [2.75, 3.05) is 13.7 Å². The second kappa shape index (κ2) is 4.11. The molecular formula is C9H10ClF2NO. The van der Waals surface area contributed by atoms with E-state index in [1.165, 1.54) is 25.3 Å². The van der Waals surface area contributed by atoms with E-state index in [-0.39, 0.29) is 11.3 Å². The largest absolute Gasteiger partial charge is 0.495 e. The van der Waals surface area contributed by atoms with Crippen molar-refractivity contribution in [1.29, 1.82) is 0 Å². The van der Waals surface area contributed by atoms with E-state index in [1.54, 1.807) is 0 Å². The van der Waals surface area contributed by atoms with Gasteiger partial charge in [-0.05, 0) is 12.1 Å². The van der Waals surface area contributed by atoms with Gasteiger partial charge in [0.2, 0.25) is 0 Å². The summed E-state index contributed by atoms with van der Waals surface area (Å²) in [7, 11) is 1.37. The van der Waals surface area contributed by atoms with Gasteiger partial charge in [0.1, 0.15) is 5.75 Å². The maximum atomic E-state index is 13.1. The molecule has 78 valence electrons. The number of hydrogen-bond acceptors (Lipinski definition) is 2. The van der Waals surface area contributed by atoms with E-state index in [9.17, 15) is 8.78 Å². The van der Waals surface area contributed by atoms with Crippen LogP contribution in [-0.2, 0) is 5.92 Å². The quantitative estimate of drug-likeness (QED) is 0.851. The number of methoxy groups -OCH3 is 1. The fourth-order valence-electron chi connectivity index (χ4n) is 1.01. The number of rotatable bonds is 3. The van der Waals surface area contributed by atoms with Crippen LogP contribution in [0, 0.1) is 0 Å². The van der Waals surface area contributed by atoms with Crippen LogP contribution in [0.25, 0.3) is 0 Å². The third-order valence-electron chi connectivity index (χ3n) is 1.83. The first-order valence-corrected chi connectivity index (χ1v) is 4.31. The minimum Gasteiger partial charge on any atom is -0.495 e. The first kappa shape index (κ1) is 11.2. The van der Waals surface area contributed by atoms with Gasteiger partial charge < -0.3 is 10.5 Å². The second-order valence-electron chi connectivity index (χ2n) is 2.76. The summed E-state index contributed by atoms with van der Waals surface area (Å²) in [5.74, 6) is -2.82. The Labute approximate surface area is 85.6 Å². The number of halogens is 3. The molecule has 0 unspecified atom stereocenters.